The quantitative estimate of drug-likeness (QED) is 0.0179. The van der Waals surface area contributed by atoms with Gasteiger partial charge in [-0.1, -0.05) is 168 Å². The number of ketones is 2. The van der Waals surface area contributed by atoms with Gasteiger partial charge in [0.1, 0.15) is 13.1 Å². The zero-order valence-electron chi connectivity index (χ0n) is 39.2. The molecule has 2 aromatic rings. The van der Waals surface area contributed by atoms with Crippen molar-refractivity contribution in [2.45, 2.75) is 232 Å². The summed E-state index contributed by atoms with van der Waals surface area (Å²) in [6.45, 7) is 6.65. The van der Waals surface area contributed by atoms with Crippen LogP contribution in [0.1, 0.15) is 240 Å². The van der Waals surface area contributed by atoms with Gasteiger partial charge in [0.05, 0.1) is 13.2 Å². The Morgan fingerprint density at radius 2 is 0.581 bits per heavy atom. The molecule has 0 aromatic carbocycles. The fourth-order valence-electron chi connectivity index (χ4n) is 7.75. The molecule has 0 aliphatic rings. The molecule has 0 saturated carbocycles. The first-order chi connectivity index (χ1) is 29.5. The Morgan fingerprint density at radius 1 is 0.355 bits per heavy atom. The standard InChI is InChI=1S/C52H86N2O6.2HI/c1-3-5-7-9-11-13-15-17-19-21-23-25-27-31-39-53-41-35-47(36-42-53)49(55)51(57)59-45-33-29-30-34-46-60-52(58)50(56)48-37-43-54(44-38-48)40-32-28-26-24-22-20-18-16-14-12-10-8-6-4-2;;/h35-38,41-44H,3-34,39-40,45-46H2,1-2H3;2*1H/q+2;;/p-2. The minimum Gasteiger partial charge on any atom is -1.00 e. The van der Waals surface area contributed by atoms with Gasteiger partial charge in [0, 0.05) is 48.2 Å². The molecule has 0 N–H and O–H groups in total. The number of hydrogen-bond donors (Lipinski definition) is 0. The summed E-state index contributed by atoms with van der Waals surface area (Å²) in [5, 5.41) is 0. The van der Waals surface area contributed by atoms with Crippen LogP contribution in [0.3, 0.4) is 0 Å². The lowest BCUT2D eigenvalue weighted by atomic mass is 10.0. The Labute approximate surface area is 412 Å². The molecule has 0 bridgehead atoms. The van der Waals surface area contributed by atoms with Crippen molar-refractivity contribution >= 4 is 23.5 Å². The molecule has 0 fully saturated rings. The number of Topliss-reactive ketones (excluding diaryl/α,β-unsaturated/α-hetero) is 2. The van der Waals surface area contributed by atoms with E-state index in [0.717, 1.165) is 38.8 Å². The third-order valence-corrected chi connectivity index (χ3v) is 11.7. The number of unbranched alkanes of at least 4 members (excludes halogenated alkanes) is 29. The molecule has 0 atom stereocenters. The van der Waals surface area contributed by atoms with Gasteiger partial charge in [0.25, 0.3) is 11.6 Å². The van der Waals surface area contributed by atoms with Crippen molar-refractivity contribution in [2.75, 3.05) is 13.2 Å². The highest BCUT2D eigenvalue weighted by atomic mass is 127. The van der Waals surface area contributed by atoms with Crippen molar-refractivity contribution in [3.05, 3.63) is 60.2 Å². The van der Waals surface area contributed by atoms with Gasteiger partial charge in [-0.15, -0.1) is 0 Å². The summed E-state index contributed by atoms with van der Waals surface area (Å²) in [7, 11) is 0. The highest BCUT2D eigenvalue weighted by molar-refractivity contribution is 6.41. The molecule has 2 aromatic heterocycles. The number of hydrogen-bond acceptors (Lipinski definition) is 6. The number of ether oxygens (including phenoxy) is 2. The van der Waals surface area contributed by atoms with Gasteiger partial charge >= 0.3 is 11.9 Å². The van der Waals surface area contributed by atoms with Crippen LogP contribution in [0.15, 0.2) is 49.1 Å². The van der Waals surface area contributed by atoms with E-state index in [-0.39, 0.29) is 61.2 Å². The topological polar surface area (TPSA) is 94.5 Å². The second kappa shape index (κ2) is 43.0. The molecule has 0 amide bonds. The number of carbonyl (C=O) groups is 4. The van der Waals surface area contributed by atoms with Crippen molar-refractivity contribution < 1.29 is 85.7 Å². The maximum absolute atomic E-state index is 12.6. The predicted molar refractivity (Wildman–Crippen MR) is 243 cm³/mol. The summed E-state index contributed by atoms with van der Waals surface area (Å²) in [5.74, 6) is -2.94. The van der Waals surface area contributed by atoms with Crippen molar-refractivity contribution in [1.29, 1.82) is 0 Å². The minimum absolute atomic E-state index is 0. The smallest absolute Gasteiger partial charge is 0.379 e. The number of rotatable bonds is 41. The summed E-state index contributed by atoms with van der Waals surface area (Å²) >= 11 is 0. The van der Waals surface area contributed by atoms with Crippen LogP contribution in [0.4, 0.5) is 0 Å². The van der Waals surface area contributed by atoms with Crippen molar-refractivity contribution in [3.8, 4) is 0 Å². The van der Waals surface area contributed by atoms with Crippen LogP contribution in [0.5, 0.6) is 0 Å². The Hall–Kier alpha value is -1.96. The first kappa shape index (κ1) is 60.0. The van der Waals surface area contributed by atoms with E-state index in [9.17, 15) is 19.2 Å². The molecule has 0 spiro atoms. The lowest BCUT2D eigenvalue weighted by Crippen LogP contribution is -3.00. The van der Waals surface area contributed by atoms with Gasteiger partial charge in [-0.3, -0.25) is 9.59 Å². The number of pyridine rings is 2. The molecule has 0 unspecified atom stereocenters. The second-order valence-electron chi connectivity index (χ2n) is 17.2. The molecule has 10 heteroatoms. The van der Waals surface area contributed by atoms with Crippen molar-refractivity contribution in [1.82, 2.24) is 0 Å². The number of nitrogens with zero attached hydrogens (tertiary/aromatic N) is 2. The lowest BCUT2D eigenvalue weighted by molar-refractivity contribution is -0.697. The fourth-order valence-corrected chi connectivity index (χ4v) is 7.75. The largest absolute Gasteiger partial charge is 1.00 e. The average molecular weight is 1090 g/mol. The minimum atomic E-state index is -0.839. The number of carbonyl (C=O) groups excluding carboxylic acids is 4. The Bertz CT molecular complexity index is 1280. The van der Waals surface area contributed by atoms with Crippen LogP contribution in [0.2, 0.25) is 0 Å². The van der Waals surface area contributed by atoms with Crippen LogP contribution < -0.4 is 57.1 Å². The second-order valence-corrected chi connectivity index (χ2v) is 17.2. The van der Waals surface area contributed by atoms with Gasteiger partial charge in [-0.2, -0.15) is 0 Å². The zero-order chi connectivity index (χ0) is 43.1. The zero-order valence-corrected chi connectivity index (χ0v) is 43.5. The summed E-state index contributed by atoms with van der Waals surface area (Å²) < 4.78 is 14.6. The maximum Gasteiger partial charge on any atom is 0.379 e. The van der Waals surface area contributed by atoms with Gasteiger partial charge in [0.2, 0.25) is 0 Å². The highest BCUT2D eigenvalue weighted by Gasteiger charge is 2.20. The van der Waals surface area contributed by atoms with E-state index in [1.54, 1.807) is 24.3 Å². The normalized spacial score (nSPS) is 10.8. The van der Waals surface area contributed by atoms with E-state index in [1.807, 2.05) is 24.8 Å². The van der Waals surface area contributed by atoms with E-state index in [1.165, 1.54) is 167 Å². The van der Waals surface area contributed by atoms with Crippen LogP contribution in [-0.4, -0.2) is 36.7 Å². The van der Waals surface area contributed by atoms with Gasteiger partial charge in [0.15, 0.2) is 24.8 Å². The lowest BCUT2D eigenvalue weighted by Gasteiger charge is -2.06. The van der Waals surface area contributed by atoms with Crippen molar-refractivity contribution in [2.24, 2.45) is 0 Å². The molecule has 62 heavy (non-hydrogen) atoms. The van der Waals surface area contributed by atoms with E-state index >= 15 is 0 Å². The maximum atomic E-state index is 12.6. The molecule has 0 aliphatic carbocycles. The highest BCUT2D eigenvalue weighted by Crippen LogP contribution is 2.15. The molecule has 2 rings (SSSR count). The van der Waals surface area contributed by atoms with E-state index in [2.05, 4.69) is 23.0 Å². The molecule has 0 aliphatic heterocycles. The number of aryl methyl sites for hydroxylation is 2. The average Bonchev–Trinajstić information content (AvgIpc) is 3.27. The van der Waals surface area contributed by atoms with Crippen LogP contribution >= 0.6 is 0 Å². The van der Waals surface area contributed by atoms with Gasteiger partial charge in [-0.05, 0) is 38.5 Å². The molecular formula is C52H86I2N2O6. The van der Waals surface area contributed by atoms with Gasteiger partial charge in [-0.25, -0.2) is 18.7 Å². The Kier molecular flexibility index (Phi) is 41.6. The Morgan fingerprint density at radius 3 is 0.839 bits per heavy atom. The SMILES string of the molecule is CCCCCCCCCCCCCCCC[n+]1ccc(C(=O)C(=O)OCCCCCCOC(=O)C(=O)c2cc[n+](CCCCCCCCCCCCCCCC)cc2)cc1.[I-].[I-]. The molecule has 0 radical (unpaired) electrons. The van der Waals surface area contributed by atoms with Crippen LogP contribution in [0.25, 0.3) is 0 Å². The number of esters is 2. The van der Waals surface area contributed by atoms with Crippen molar-refractivity contribution in [3.63, 3.8) is 0 Å². The summed E-state index contributed by atoms with van der Waals surface area (Å²) in [5.41, 5.74) is 0.673. The molecular weight excluding hydrogens is 1000 g/mol. The summed E-state index contributed by atoms with van der Waals surface area (Å²) in [6, 6.07) is 6.76. The van der Waals surface area contributed by atoms with Crippen LogP contribution in [-0.2, 0) is 32.2 Å². The number of halogens is 2. The molecule has 0 saturated heterocycles. The monoisotopic (exact) mass is 1090 g/mol. The third kappa shape index (κ3) is 31.8. The first-order valence-electron chi connectivity index (χ1n) is 24.9. The summed E-state index contributed by atoms with van der Waals surface area (Å²) in [6.07, 6.45) is 47.5. The fraction of sp³-hybridized carbons (Fsp3) is 0.731. The van der Waals surface area contributed by atoms with E-state index in [0.29, 0.717) is 24.0 Å². The number of aromatic nitrogens is 2. The molecule has 2 heterocycles. The molecule has 354 valence electrons. The van der Waals surface area contributed by atoms with Gasteiger partial charge < -0.3 is 57.4 Å². The predicted octanol–water partition coefficient (Wildman–Crippen LogP) is 6.94. The summed E-state index contributed by atoms with van der Waals surface area (Å²) in [4.78, 5) is 49.8. The van der Waals surface area contributed by atoms with Crippen LogP contribution in [0, 0.1) is 0 Å². The first-order valence-corrected chi connectivity index (χ1v) is 24.9. The van der Waals surface area contributed by atoms with E-state index < -0.39 is 23.5 Å². The van der Waals surface area contributed by atoms with E-state index in [4.69, 9.17) is 9.47 Å². The molecule has 8 nitrogen and oxygen atoms in total. The Balaban J connectivity index is 0.0000186. The third-order valence-electron chi connectivity index (χ3n) is 11.7.